The van der Waals surface area contributed by atoms with E-state index in [1.807, 2.05) is 40.4 Å². The van der Waals surface area contributed by atoms with E-state index in [1.54, 1.807) is 29.0 Å². The van der Waals surface area contributed by atoms with Crippen LogP contribution in [0.2, 0.25) is 0 Å². The number of aryl methyl sites for hydroxylation is 1. The second-order valence-corrected chi connectivity index (χ2v) is 7.26. The van der Waals surface area contributed by atoms with Gasteiger partial charge in [-0.05, 0) is 23.6 Å². The number of hydrogen-bond acceptors (Lipinski definition) is 5. The summed E-state index contributed by atoms with van der Waals surface area (Å²) >= 11 is 1.61. The third kappa shape index (κ3) is 2.18. The van der Waals surface area contributed by atoms with Crippen molar-refractivity contribution < 1.29 is 4.42 Å². The lowest BCUT2D eigenvalue weighted by atomic mass is 10.3. The summed E-state index contributed by atoms with van der Waals surface area (Å²) in [6, 6.07) is 7.73. The highest BCUT2D eigenvalue weighted by atomic mass is 32.1. The van der Waals surface area contributed by atoms with E-state index < -0.39 is 5.69 Å². The Morgan fingerprint density at radius 1 is 1.15 bits per heavy atom. The molecular weight excluding hydrogens is 366 g/mol. The Morgan fingerprint density at radius 2 is 2.00 bits per heavy atom. The van der Waals surface area contributed by atoms with Gasteiger partial charge in [-0.15, -0.1) is 11.3 Å². The number of aromatic nitrogens is 5. The van der Waals surface area contributed by atoms with Crippen molar-refractivity contribution in [2.45, 2.75) is 6.54 Å². The Balaban J connectivity index is 1.90. The van der Waals surface area contributed by atoms with E-state index in [2.05, 4.69) is 4.98 Å². The minimum atomic E-state index is -0.399. The molecule has 136 valence electrons. The lowest BCUT2D eigenvalue weighted by molar-refractivity contribution is 0.497. The summed E-state index contributed by atoms with van der Waals surface area (Å²) < 4.78 is 11.8. The van der Waals surface area contributed by atoms with Gasteiger partial charge < -0.3 is 8.98 Å². The van der Waals surface area contributed by atoms with Crippen molar-refractivity contribution >= 4 is 28.3 Å². The summed E-state index contributed by atoms with van der Waals surface area (Å²) in [5, 5.41) is 2.00. The van der Waals surface area contributed by atoms with Gasteiger partial charge in [0.05, 0.1) is 23.4 Å². The summed E-state index contributed by atoms with van der Waals surface area (Å²) in [6.07, 6.45) is 3.52. The van der Waals surface area contributed by atoms with Gasteiger partial charge in [0.1, 0.15) is 5.76 Å². The number of thiophene rings is 1. The van der Waals surface area contributed by atoms with E-state index in [0.29, 0.717) is 23.5 Å². The van der Waals surface area contributed by atoms with Crippen LogP contribution in [0.1, 0.15) is 5.76 Å². The highest BCUT2D eigenvalue weighted by molar-refractivity contribution is 7.13. The molecule has 0 saturated heterocycles. The average Bonchev–Trinajstić information content (AvgIpc) is 3.43. The molecule has 5 heterocycles. The maximum atomic E-state index is 12.8. The summed E-state index contributed by atoms with van der Waals surface area (Å²) in [6.45, 7) is 0.467. The van der Waals surface area contributed by atoms with Crippen LogP contribution in [0.5, 0.6) is 0 Å². The van der Waals surface area contributed by atoms with Crippen LogP contribution in [-0.2, 0) is 20.6 Å². The van der Waals surface area contributed by atoms with Crippen molar-refractivity contribution in [3.05, 3.63) is 68.7 Å². The zero-order valence-electron chi connectivity index (χ0n) is 14.6. The molecule has 0 saturated carbocycles. The number of hydrogen-bond donors (Lipinski definition) is 0. The van der Waals surface area contributed by atoms with Gasteiger partial charge in [0.25, 0.3) is 5.56 Å². The number of nitrogens with zero attached hydrogens (tertiary/aromatic N) is 5. The van der Waals surface area contributed by atoms with Gasteiger partial charge in [0, 0.05) is 20.3 Å². The van der Waals surface area contributed by atoms with Gasteiger partial charge in [-0.3, -0.25) is 18.3 Å². The van der Waals surface area contributed by atoms with E-state index in [0.717, 1.165) is 20.9 Å². The van der Waals surface area contributed by atoms with Crippen molar-refractivity contribution in [3.63, 3.8) is 0 Å². The minimum Gasteiger partial charge on any atom is -0.467 e. The van der Waals surface area contributed by atoms with Crippen molar-refractivity contribution in [2.24, 2.45) is 14.1 Å². The molecule has 0 bridgehead atoms. The number of fused-ring (bicyclic) bond motifs is 3. The molecular formula is C18H15N5O3S. The van der Waals surface area contributed by atoms with Crippen molar-refractivity contribution in [2.75, 3.05) is 0 Å². The Bertz CT molecular complexity index is 1400. The molecule has 5 rings (SSSR count). The highest BCUT2D eigenvalue weighted by Crippen LogP contribution is 2.29. The number of furan rings is 1. The van der Waals surface area contributed by atoms with Gasteiger partial charge in [-0.2, -0.15) is 4.98 Å². The van der Waals surface area contributed by atoms with E-state index in [9.17, 15) is 9.59 Å². The predicted octanol–water partition coefficient (Wildman–Crippen LogP) is 2.06. The molecule has 0 radical (unpaired) electrons. The third-order valence-corrected chi connectivity index (χ3v) is 5.62. The van der Waals surface area contributed by atoms with E-state index in [4.69, 9.17) is 4.42 Å². The molecule has 0 unspecified atom stereocenters. The third-order valence-electron chi connectivity index (χ3n) is 4.72. The minimum absolute atomic E-state index is 0.365. The summed E-state index contributed by atoms with van der Waals surface area (Å²) in [4.78, 5) is 30.7. The molecule has 0 N–H and O–H groups in total. The first-order valence-corrected chi connectivity index (χ1v) is 9.18. The summed E-state index contributed by atoms with van der Waals surface area (Å²) in [7, 11) is 3.09. The highest BCUT2D eigenvalue weighted by Gasteiger charge is 2.21. The molecule has 0 aliphatic rings. The van der Waals surface area contributed by atoms with Gasteiger partial charge >= 0.3 is 5.69 Å². The summed E-state index contributed by atoms with van der Waals surface area (Å²) in [5.41, 5.74) is 0.911. The van der Waals surface area contributed by atoms with Crippen molar-refractivity contribution in [1.29, 1.82) is 0 Å². The Morgan fingerprint density at radius 3 is 2.70 bits per heavy atom. The zero-order chi connectivity index (χ0) is 18.7. The van der Waals surface area contributed by atoms with Crippen LogP contribution in [-0.4, -0.2) is 23.1 Å². The van der Waals surface area contributed by atoms with Crippen LogP contribution >= 0.6 is 11.3 Å². The molecule has 9 heteroatoms. The standard InChI is InChI=1S/C18H15N5O3S/c1-20-15-14(16(24)21(2)18(20)25)23-10-12(13-6-4-8-27-13)22(17(23)19-15)9-11-5-3-7-26-11/h3-8,10H,9H2,1-2H3. The first-order valence-electron chi connectivity index (χ1n) is 8.30. The predicted molar refractivity (Wildman–Crippen MR) is 102 cm³/mol. The monoisotopic (exact) mass is 381 g/mol. The molecule has 5 aromatic rings. The maximum absolute atomic E-state index is 12.8. The van der Waals surface area contributed by atoms with Crippen LogP contribution in [0.15, 0.2) is 56.1 Å². The number of rotatable bonds is 3. The van der Waals surface area contributed by atoms with Crippen molar-refractivity contribution in [3.8, 4) is 10.6 Å². The Kier molecular flexibility index (Phi) is 3.28. The topological polar surface area (TPSA) is 79.4 Å². The molecule has 0 aromatic carbocycles. The molecule has 0 spiro atoms. The first-order chi connectivity index (χ1) is 13.1. The molecule has 5 aromatic heterocycles. The lowest BCUT2D eigenvalue weighted by Gasteiger charge is -2.05. The molecule has 0 fully saturated rings. The van der Waals surface area contributed by atoms with Crippen LogP contribution < -0.4 is 11.2 Å². The van der Waals surface area contributed by atoms with E-state index in [-0.39, 0.29) is 5.56 Å². The van der Waals surface area contributed by atoms with Gasteiger partial charge in [-0.1, -0.05) is 6.07 Å². The second kappa shape index (κ2) is 5.58. The van der Waals surface area contributed by atoms with Gasteiger partial charge in [-0.25, -0.2) is 4.79 Å². The second-order valence-electron chi connectivity index (χ2n) is 6.32. The van der Waals surface area contributed by atoms with Gasteiger partial charge in [0.2, 0.25) is 5.78 Å². The van der Waals surface area contributed by atoms with Crippen LogP contribution in [0.4, 0.5) is 0 Å². The SMILES string of the molecule is Cn1c(=O)c2c(nc3n(Cc4ccco4)c(-c4cccs4)cn23)n(C)c1=O. The molecule has 0 aliphatic carbocycles. The smallest absolute Gasteiger partial charge is 0.332 e. The Labute approximate surface area is 156 Å². The van der Waals surface area contributed by atoms with Gasteiger partial charge in [0.15, 0.2) is 11.2 Å². The zero-order valence-corrected chi connectivity index (χ0v) is 15.4. The normalized spacial score (nSPS) is 11.8. The fourth-order valence-electron chi connectivity index (χ4n) is 3.35. The first kappa shape index (κ1) is 15.9. The number of imidazole rings is 2. The fraction of sp³-hybridized carbons (Fsp3) is 0.167. The van der Waals surface area contributed by atoms with Crippen LogP contribution in [0.25, 0.3) is 27.5 Å². The average molecular weight is 381 g/mol. The van der Waals surface area contributed by atoms with E-state index in [1.165, 1.54) is 11.6 Å². The molecule has 8 nitrogen and oxygen atoms in total. The Hall–Kier alpha value is -3.33. The molecule has 0 amide bonds. The largest absolute Gasteiger partial charge is 0.467 e. The van der Waals surface area contributed by atoms with E-state index >= 15 is 0 Å². The van der Waals surface area contributed by atoms with Crippen molar-refractivity contribution in [1.82, 2.24) is 23.1 Å². The summed E-state index contributed by atoms with van der Waals surface area (Å²) in [5.74, 6) is 1.36. The molecule has 0 aliphatic heterocycles. The lowest BCUT2D eigenvalue weighted by Crippen LogP contribution is -2.37. The molecule has 0 atom stereocenters. The van der Waals surface area contributed by atoms with Crippen LogP contribution in [0, 0.1) is 0 Å². The van der Waals surface area contributed by atoms with Crippen LogP contribution in [0.3, 0.4) is 0 Å². The fourth-order valence-corrected chi connectivity index (χ4v) is 4.10. The quantitative estimate of drug-likeness (QED) is 0.479. The maximum Gasteiger partial charge on any atom is 0.332 e. The molecule has 27 heavy (non-hydrogen) atoms.